The first-order chi connectivity index (χ1) is 8.24. The molecule has 0 saturated heterocycles. The molecule has 0 nitrogen and oxygen atoms in total. The van der Waals surface area contributed by atoms with Crippen molar-refractivity contribution in [3.8, 4) is 0 Å². The van der Waals surface area contributed by atoms with Crippen molar-refractivity contribution >= 4 is 15.9 Å². The van der Waals surface area contributed by atoms with E-state index < -0.39 is 0 Å². The molecule has 0 aliphatic heterocycles. The maximum absolute atomic E-state index is 3.87. The molecule has 1 aromatic rings. The fourth-order valence-electron chi connectivity index (χ4n) is 2.67. The molecule has 1 saturated carbocycles. The lowest BCUT2D eigenvalue weighted by Gasteiger charge is -2.27. The first-order valence-electron chi connectivity index (χ1n) is 7.00. The second-order valence-corrected chi connectivity index (χ2v) is 6.34. The predicted octanol–water partition coefficient (Wildman–Crippen LogP) is 5.44. The van der Waals surface area contributed by atoms with Crippen LogP contribution in [0.5, 0.6) is 0 Å². The molecule has 0 radical (unpaired) electrons. The van der Waals surface area contributed by atoms with E-state index in [0.717, 1.165) is 18.8 Å². The fraction of sp³-hybridized carbons (Fsp3) is 0.625. The summed E-state index contributed by atoms with van der Waals surface area (Å²) in [6.07, 6.45) is 7.94. The van der Waals surface area contributed by atoms with Gasteiger partial charge in [-0.1, -0.05) is 67.2 Å². The van der Waals surface area contributed by atoms with E-state index in [1.54, 1.807) is 0 Å². The van der Waals surface area contributed by atoms with Gasteiger partial charge >= 0.3 is 0 Å². The van der Waals surface area contributed by atoms with Crippen LogP contribution < -0.4 is 0 Å². The average molecular weight is 295 g/mol. The zero-order chi connectivity index (χ0) is 12.3. The molecule has 1 heteroatoms. The third kappa shape index (κ3) is 3.13. The normalized spacial score (nSPS) is 17.8. The SMILES string of the molecule is CCc1ccc(C(Br)CC2CCC2)cc1CC. The molecule has 0 heterocycles. The Morgan fingerprint density at radius 2 is 1.88 bits per heavy atom. The summed E-state index contributed by atoms with van der Waals surface area (Å²) < 4.78 is 0. The molecule has 94 valence electrons. The van der Waals surface area contributed by atoms with E-state index in [0.29, 0.717) is 4.83 Å². The van der Waals surface area contributed by atoms with Gasteiger partial charge in [-0.3, -0.25) is 0 Å². The lowest BCUT2D eigenvalue weighted by Crippen LogP contribution is -2.12. The Hall–Kier alpha value is -0.300. The molecule has 1 fully saturated rings. The second kappa shape index (κ2) is 6.04. The number of hydrogen-bond acceptors (Lipinski definition) is 0. The van der Waals surface area contributed by atoms with Crippen molar-refractivity contribution in [3.63, 3.8) is 0 Å². The van der Waals surface area contributed by atoms with Crippen LogP contribution >= 0.6 is 15.9 Å². The van der Waals surface area contributed by atoms with Crippen LogP contribution in [0.15, 0.2) is 18.2 Å². The van der Waals surface area contributed by atoms with Crippen molar-refractivity contribution in [2.24, 2.45) is 5.92 Å². The van der Waals surface area contributed by atoms with Gasteiger partial charge in [-0.15, -0.1) is 0 Å². The van der Waals surface area contributed by atoms with E-state index in [-0.39, 0.29) is 0 Å². The van der Waals surface area contributed by atoms with E-state index >= 15 is 0 Å². The topological polar surface area (TPSA) is 0 Å². The summed E-state index contributed by atoms with van der Waals surface area (Å²) in [6.45, 7) is 4.50. The Kier molecular flexibility index (Phi) is 4.67. The lowest BCUT2D eigenvalue weighted by molar-refractivity contribution is 0.295. The van der Waals surface area contributed by atoms with Gasteiger partial charge in [-0.05, 0) is 41.9 Å². The Labute approximate surface area is 114 Å². The summed E-state index contributed by atoms with van der Waals surface area (Å²) in [7, 11) is 0. The number of halogens is 1. The highest BCUT2D eigenvalue weighted by Gasteiger charge is 2.21. The fourth-order valence-corrected chi connectivity index (χ4v) is 3.49. The summed E-state index contributed by atoms with van der Waals surface area (Å²) in [6, 6.07) is 7.05. The minimum atomic E-state index is 0.559. The molecule has 0 amide bonds. The van der Waals surface area contributed by atoms with Gasteiger partial charge < -0.3 is 0 Å². The molecule has 1 aromatic carbocycles. The van der Waals surface area contributed by atoms with E-state index in [1.165, 1.54) is 42.4 Å². The van der Waals surface area contributed by atoms with Crippen LogP contribution in [-0.2, 0) is 12.8 Å². The predicted molar refractivity (Wildman–Crippen MR) is 78.8 cm³/mol. The maximum atomic E-state index is 3.87. The third-order valence-corrected chi connectivity index (χ3v) is 5.02. The quantitative estimate of drug-likeness (QED) is 0.635. The first-order valence-corrected chi connectivity index (χ1v) is 7.91. The zero-order valence-corrected chi connectivity index (χ0v) is 12.6. The van der Waals surface area contributed by atoms with Gasteiger partial charge in [0.2, 0.25) is 0 Å². The Balaban J connectivity index is 2.08. The average Bonchev–Trinajstić information content (AvgIpc) is 2.32. The summed E-state index contributed by atoms with van der Waals surface area (Å²) in [5.41, 5.74) is 4.52. The Morgan fingerprint density at radius 3 is 2.41 bits per heavy atom. The van der Waals surface area contributed by atoms with Gasteiger partial charge in [-0.25, -0.2) is 0 Å². The number of benzene rings is 1. The summed E-state index contributed by atoms with van der Waals surface area (Å²) >= 11 is 3.87. The summed E-state index contributed by atoms with van der Waals surface area (Å²) in [5, 5.41) is 0. The maximum Gasteiger partial charge on any atom is 0.0398 e. The van der Waals surface area contributed by atoms with Gasteiger partial charge in [-0.2, -0.15) is 0 Å². The van der Waals surface area contributed by atoms with Crippen molar-refractivity contribution in [1.29, 1.82) is 0 Å². The molecule has 1 aliphatic carbocycles. The van der Waals surface area contributed by atoms with Gasteiger partial charge in [0.1, 0.15) is 0 Å². The lowest BCUT2D eigenvalue weighted by atomic mass is 9.81. The molecule has 1 atom stereocenters. The van der Waals surface area contributed by atoms with E-state index in [1.807, 2.05) is 0 Å². The highest BCUT2D eigenvalue weighted by Crippen LogP contribution is 2.39. The highest BCUT2D eigenvalue weighted by atomic mass is 79.9. The smallest absolute Gasteiger partial charge is 0.0398 e. The molecule has 0 bridgehead atoms. The highest BCUT2D eigenvalue weighted by molar-refractivity contribution is 9.09. The van der Waals surface area contributed by atoms with Gasteiger partial charge in [0, 0.05) is 4.83 Å². The van der Waals surface area contributed by atoms with Crippen LogP contribution in [0.2, 0.25) is 0 Å². The van der Waals surface area contributed by atoms with Crippen LogP contribution in [0.3, 0.4) is 0 Å². The third-order valence-electron chi connectivity index (χ3n) is 4.12. The molecule has 0 spiro atoms. The Morgan fingerprint density at radius 1 is 1.18 bits per heavy atom. The molecular weight excluding hydrogens is 272 g/mol. The van der Waals surface area contributed by atoms with Crippen molar-refractivity contribution in [2.45, 2.75) is 57.2 Å². The van der Waals surface area contributed by atoms with Gasteiger partial charge in [0.05, 0.1) is 0 Å². The van der Waals surface area contributed by atoms with Crippen LogP contribution in [0.1, 0.15) is 61.0 Å². The first kappa shape index (κ1) is 13.1. The second-order valence-electron chi connectivity index (χ2n) is 5.24. The molecule has 17 heavy (non-hydrogen) atoms. The largest absolute Gasteiger partial charge is 0.0839 e. The standard InChI is InChI=1S/C16H23Br/c1-3-13-8-9-15(11-14(13)4-2)16(17)10-12-6-5-7-12/h8-9,11-12,16H,3-7,10H2,1-2H3. The van der Waals surface area contributed by atoms with Crippen molar-refractivity contribution in [2.75, 3.05) is 0 Å². The molecule has 0 N–H and O–H groups in total. The molecule has 1 aliphatic rings. The molecular formula is C16H23Br. The number of aryl methyl sites for hydroxylation is 2. The van der Waals surface area contributed by atoms with E-state index in [9.17, 15) is 0 Å². The van der Waals surface area contributed by atoms with Crippen LogP contribution in [-0.4, -0.2) is 0 Å². The number of rotatable bonds is 5. The van der Waals surface area contributed by atoms with Gasteiger partial charge in [0.15, 0.2) is 0 Å². The van der Waals surface area contributed by atoms with Crippen LogP contribution in [0.4, 0.5) is 0 Å². The van der Waals surface area contributed by atoms with Crippen molar-refractivity contribution < 1.29 is 0 Å². The van der Waals surface area contributed by atoms with Crippen molar-refractivity contribution in [3.05, 3.63) is 34.9 Å². The monoisotopic (exact) mass is 294 g/mol. The molecule has 1 unspecified atom stereocenters. The number of alkyl halides is 1. The summed E-state index contributed by atoms with van der Waals surface area (Å²) in [5.74, 6) is 0.968. The minimum Gasteiger partial charge on any atom is -0.0839 e. The van der Waals surface area contributed by atoms with Gasteiger partial charge in [0.25, 0.3) is 0 Å². The minimum absolute atomic E-state index is 0.559. The molecule has 0 aromatic heterocycles. The van der Waals surface area contributed by atoms with Crippen molar-refractivity contribution in [1.82, 2.24) is 0 Å². The summed E-state index contributed by atoms with van der Waals surface area (Å²) in [4.78, 5) is 0.559. The van der Waals surface area contributed by atoms with Crippen LogP contribution in [0.25, 0.3) is 0 Å². The van der Waals surface area contributed by atoms with E-state index in [4.69, 9.17) is 0 Å². The number of hydrogen-bond donors (Lipinski definition) is 0. The Bertz CT molecular complexity index is 366. The zero-order valence-electron chi connectivity index (χ0n) is 11.0. The van der Waals surface area contributed by atoms with Crippen LogP contribution in [0, 0.1) is 5.92 Å². The molecule has 2 rings (SSSR count). The van der Waals surface area contributed by atoms with E-state index in [2.05, 4.69) is 48.0 Å².